The van der Waals surface area contributed by atoms with E-state index in [1.54, 1.807) is 6.26 Å². The van der Waals surface area contributed by atoms with Crippen LogP contribution in [0.5, 0.6) is 0 Å². The third kappa shape index (κ3) is 6.27. The topological polar surface area (TPSA) is 75.0 Å². The van der Waals surface area contributed by atoms with Crippen molar-refractivity contribution in [2.75, 3.05) is 36.5 Å². The summed E-state index contributed by atoms with van der Waals surface area (Å²) in [6.07, 6.45) is 5.91. The summed E-state index contributed by atoms with van der Waals surface area (Å²) in [5, 5.41) is 3.27. The van der Waals surface area contributed by atoms with Crippen LogP contribution < -0.4 is 10.2 Å². The lowest BCUT2D eigenvalue weighted by molar-refractivity contribution is -0.151. The van der Waals surface area contributed by atoms with Gasteiger partial charge >= 0.3 is 0 Å². The van der Waals surface area contributed by atoms with Gasteiger partial charge in [0.25, 0.3) is 0 Å². The zero-order valence-electron chi connectivity index (χ0n) is 25.7. The molecule has 1 saturated heterocycles. The minimum absolute atomic E-state index is 0.0647. The molecule has 7 heteroatoms. The molecule has 3 aliphatic rings. The van der Waals surface area contributed by atoms with E-state index in [0.717, 1.165) is 62.5 Å². The number of anilines is 2. The first-order valence-electron chi connectivity index (χ1n) is 16.3. The molecule has 7 rings (SSSR count). The molecule has 2 fully saturated rings. The lowest BCUT2D eigenvalue weighted by atomic mass is 9.62. The highest BCUT2D eigenvalue weighted by atomic mass is 16.5. The molecular weight excluding hydrogens is 562 g/mol. The third-order valence-corrected chi connectivity index (χ3v) is 10.1. The quantitative estimate of drug-likeness (QED) is 0.257. The second-order valence-corrected chi connectivity index (χ2v) is 12.8. The summed E-state index contributed by atoms with van der Waals surface area (Å²) in [5.41, 5.74) is 4.55. The Labute approximate surface area is 265 Å². The Hall–Kier alpha value is -4.36. The molecule has 7 nitrogen and oxygen atoms in total. The number of nitrogens with zero attached hydrogens (tertiary/aromatic N) is 2. The number of carbonyl (C=O) groups is 2. The van der Waals surface area contributed by atoms with E-state index in [4.69, 9.17) is 9.15 Å². The molecule has 0 unspecified atom stereocenters. The van der Waals surface area contributed by atoms with Crippen LogP contribution in [0.25, 0.3) is 0 Å². The molecule has 1 aromatic heterocycles. The number of ether oxygens (including phenoxy) is 1. The van der Waals surface area contributed by atoms with Crippen LogP contribution in [-0.2, 0) is 40.1 Å². The first-order chi connectivity index (χ1) is 22.1. The number of hydrogen-bond donors (Lipinski definition) is 1. The van der Waals surface area contributed by atoms with E-state index in [1.807, 2.05) is 59.5 Å². The van der Waals surface area contributed by atoms with Gasteiger partial charge in [-0.1, -0.05) is 54.6 Å². The summed E-state index contributed by atoms with van der Waals surface area (Å²) in [5.74, 6) is 1.28. The van der Waals surface area contributed by atoms with E-state index in [2.05, 4.69) is 46.6 Å². The highest BCUT2D eigenvalue weighted by Crippen LogP contribution is 2.47. The standard InChI is InChI=1S/C38H41N3O4/c42-36(23-28-7-2-1-3-8-28)41(27-35-11-6-20-45-35)38(17-16-31-24-29-9-4-5-10-30(29)25-32(31)26-38)37(43)39-33-12-14-34(15-13-33)40-18-21-44-22-19-40/h1-15,20,31-32H,16-19,21-27H2,(H,39,43)/t31-,32-,38+/m0/s1. The molecule has 4 aromatic rings. The lowest BCUT2D eigenvalue weighted by Crippen LogP contribution is -2.62. The fourth-order valence-electron chi connectivity index (χ4n) is 7.69. The molecule has 2 aliphatic carbocycles. The van der Waals surface area contributed by atoms with Gasteiger partial charge in [0.1, 0.15) is 11.3 Å². The molecule has 3 aromatic carbocycles. The minimum atomic E-state index is -1.02. The predicted molar refractivity (Wildman–Crippen MR) is 175 cm³/mol. The molecule has 0 radical (unpaired) electrons. The van der Waals surface area contributed by atoms with Gasteiger partial charge in [-0.15, -0.1) is 0 Å². The summed E-state index contributed by atoms with van der Waals surface area (Å²) in [6, 6.07) is 30.3. The van der Waals surface area contributed by atoms with Crippen molar-refractivity contribution in [3.05, 3.63) is 120 Å². The summed E-state index contributed by atoms with van der Waals surface area (Å²) in [4.78, 5) is 33.3. The predicted octanol–water partition coefficient (Wildman–Crippen LogP) is 6.28. The highest BCUT2D eigenvalue weighted by molar-refractivity contribution is 6.01. The summed E-state index contributed by atoms with van der Waals surface area (Å²) in [6.45, 7) is 3.39. The van der Waals surface area contributed by atoms with Crippen LogP contribution in [0.2, 0.25) is 0 Å². The Bertz CT molecular complexity index is 1600. The molecule has 0 spiro atoms. The molecule has 0 bridgehead atoms. The Kier molecular flexibility index (Phi) is 8.44. The van der Waals surface area contributed by atoms with Gasteiger partial charge in [-0.2, -0.15) is 0 Å². The van der Waals surface area contributed by atoms with Gasteiger partial charge in [0.2, 0.25) is 11.8 Å². The normalized spacial score (nSPS) is 22.6. The number of morpholine rings is 1. The number of fused-ring (bicyclic) bond motifs is 2. The second kappa shape index (κ2) is 12.9. The molecule has 1 saturated carbocycles. The van der Waals surface area contributed by atoms with Gasteiger partial charge in [0.05, 0.1) is 32.4 Å². The lowest BCUT2D eigenvalue weighted by Gasteiger charge is -2.50. The maximum absolute atomic E-state index is 14.8. The maximum atomic E-state index is 14.8. The van der Waals surface area contributed by atoms with Crippen molar-refractivity contribution >= 4 is 23.2 Å². The van der Waals surface area contributed by atoms with Crippen LogP contribution in [0.3, 0.4) is 0 Å². The van der Waals surface area contributed by atoms with Crippen LogP contribution >= 0.6 is 0 Å². The van der Waals surface area contributed by atoms with E-state index in [9.17, 15) is 9.59 Å². The number of carbonyl (C=O) groups excluding carboxylic acids is 2. The molecule has 2 amide bonds. The number of hydrogen-bond acceptors (Lipinski definition) is 5. The van der Waals surface area contributed by atoms with Crippen molar-refractivity contribution < 1.29 is 18.7 Å². The molecule has 1 N–H and O–H groups in total. The van der Waals surface area contributed by atoms with Crippen molar-refractivity contribution in [2.45, 2.75) is 50.6 Å². The molecule has 1 aliphatic heterocycles. The van der Waals surface area contributed by atoms with Crippen molar-refractivity contribution in [2.24, 2.45) is 11.8 Å². The number of rotatable bonds is 8. The van der Waals surface area contributed by atoms with Gasteiger partial charge in [-0.25, -0.2) is 0 Å². The highest BCUT2D eigenvalue weighted by Gasteiger charge is 2.52. The first-order valence-corrected chi connectivity index (χ1v) is 16.3. The number of nitrogens with one attached hydrogen (secondary N) is 1. The molecule has 232 valence electrons. The van der Waals surface area contributed by atoms with Crippen molar-refractivity contribution in [1.82, 2.24) is 4.90 Å². The summed E-state index contributed by atoms with van der Waals surface area (Å²) in [7, 11) is 0. The first kappa shape index (κ1) is 29.4. The number of benzene rings is 3. The zero-order valence-corrected chi connectivity index (χ0v) is 25.7. The monoisotopic (exact) mass is 603 g/mol. The SMILES string of the molecule is O=C(Cc1ccccc1)N(Cc1ccco1)[C@]1(C(=O)Nc2ccc(N3CCOCC3)cc2)CC[C@H]2Cc3ccccc3C[C@H]2C1. The Morgan fingerprint density at radius 1 is 0.844 bits per heavy atom. The van der Waals surface area contributed by atoms with Gasteiger partial charge < -0.3 is 24.3 Å². The average Bonchev–Trinajstić information content (AvgIpc) is 3.61. The van der Waals surface area contributed by atoms with Crippen LogP contribution in [0.1, 0.15) is 41.7 Å². The number of amides is 2. The summed E-state index contributed by atoms with van der Waals surface area (Å²) >= 11 is 0. The van der Waals surface area contributed by atoms with Crippen molar-refractivity contribution in [1.29, 1.82) is 0 Å². The largest absolute Gasteiger partial charge is 0.467 e. The van der Waals surface area contributed by atoms with Crippen LogP contribution in [-0.4, -0.2) is 48.6 Å². The number of furan rings is 1. The van der Waals surface area contributed by atoms with Crippen LogP contribution in [0.15, 0.2) is 102 Å². The molecular formula is C38H41N3O4. The fraction of sp³-hybridized carbons (Fsp3) is 0.368. The Morgan fingerprint density at radius 3 is 2.27 bits per heavy atom. The van der Waals surface area contributed by atoms with Crippen LogP contribution in [0.4, 0.5) is 11.4 Å². The average molecular weight is 604 g/mol. The van der Waals surface area contributed by atoms with E-state index >= 15 is 0 Å². The Morgan fingerprint density at radius 2 is 1.56 bits per heavy atom. The van der Waals surface area contributed by atoms with Crippen molar-refractivity contribution in [3.8, 4) is 0 Å². The minimum Gasteiger partial charge on any atom is -0.467 e. The smallest absolute Gasteiger partial charge is 0.250 e. The van der Waals surface area contributed by atoms with Gasteiger partial charge in [0, 0.05) is 24.5 Å². The van der Waals surface area contributed by atoms with Gasteiger partial charge in [0.15, 0.2) is 0 Å². The van der Waals surface area contributed by atoms with Crippen molar-refractivity contribution in [3.63, 3.8) is 0 Å². The summed E-state index contributed by atoms with van der Waals surface area (Å²) < 4.78 is 11.3. The van der Waals surface area contributed by atoms with E-state index in [-0.39, 0.29) is 24.8 Å². The molecule has 3 atom stereocenters. The zero-order chi connectivity index (χ0) is 30.6. The molecule has 45 heavy (non-hydrogen) atoms. The third-order valence-electron chi connectivity index (χ3n) is 10.1. The van der Waals surface area contributed by atoms with Crippen LogP contribution in [0, 0.1) is 11.8 Å². The van der Waals surface area contributed by atoms with E-state index in [0.29, 0.717) is 30.4 Å². The van der Waals surface area contributed by atoms with E-state index in [1.165, 1.54) is 11.1 Å². The second-order valence-electron chi connectivity index (χ2n) is 12.8. The Balaban J connectivity index is 1.22. The van der Waals surface area contributed by atoms with Gasteiger partial charge in [-0.05, 0) is 97.0 Å². The van der Waals surface area contributed by atoms with E-state index < -0.39 is 5.54 Å². The van der Waals surface area contributed by atoms with Gasteiger partial charge in [-0.3, -0.25) is 9.59 Å². The fourth-order valence-corrected chi connectivity index (χ4v) is 7.69. The maximum Gasteiger partial charge on any atom is 0.250 e. The molecule has 2 heterocycles.